The number of carbonyl (C=O) groups excluding carboxylic acids is 2. The van der Waals surface area contributed by atoms with Crippen molar-refractivity contribution in [2.45, 2.75) is 19.0 Å². The maximum Gasteiger partial charge on any atom is 0.243 e. The smallest absolute Gasteiger partial charge is 0.243 e. The summed E-state index contributed by atoms with van der Waals surface area (Å²) in [7, 11) is 0. The molecule has 3 rings (SSSR count). The van der Waals surface area contributed by atoms with Crippen LogP contribution >= 0.6 is 11.8 Å². The van der Waals surface area contributed by atoms with Gasteiger partial charge in [0.25, 0.3) is 0 Å². The van der Waals surface area contributed by atoms with Gasteiger partial charge in [0.2, 0.25) is 17.0 Å². The summed E-state index contributed by atoms with van der Waals surface area (Å²) in [5, 5.41) is 12.3. The van der Waals surface area contributed by atoms with Gasteiger partial charge in [-0.1, -0.05) is 42.1 Å². The summed E-state index contributed by atoms with van der Waals surface area (Å²) < 4.78 is 13.8. The molecule has 0 atom stereocenters. The lowest BCUT2D eigenvalue weighted by atomic mass is 10.1. The fourth-order valence-corrected chi connectivity index (χ4v) is 3.27. The Morgan fingerprint density at radius 1 is 1.07 bits per heavy atom. The van der Waals surface area contributed by atoms with Crippen LogP contribution in [0.3, 0.4) is 0 Å². The molecule has 2 amide bonds. The van der Waals surface area contributed by atoms with E-state index in [2.05, 4.69) is 25.8 Å². The molecule has 9 heteroatoms. The van der Waals surface area contributed by atoms with Crippen molar-refractivity contribution in [1.29, 1.82) is 0 Å². The Morgan fingerprint density at radius 2 is 1.79 bits per heavy atom. The van der Waals surface area contributed by atoms with Crippen LogP contribution in [0, 0.1) is 19.7 Å². The number of aryl methyl sites for hydroxylation is 2. The Morgan fingerprint density at radius 3 is 2.52 bits per heavy atom. The zero-order valence-corrected chi connectivity index (χ0v) is 16.8. The summed E-state index contributed by atoms with van der Waals surface area (Å²) in [6.07, 6.45) is 0. The summed E-state index contributed by atoms with van der Waals surface area (Å²) >= 11 is 1.09. The first-order chi connectivity index (χ1) is 13.9. The van der Waals surface area contributed by atoms with Crippen LogP contribution in [0.25, 0.3) is 11.4 Å². The van der Waals surface area contributed by atoms with Crippen LogP contribution in [0.4, 0.5) is 10.1 Å². The molecule has 0 aliphatic carbocycles. The second-order valence-electron chi connectivity index (χ2n) is 6.33. The number of amides is 2. The van der Waals surface area contributed by atoms with E-state index in [1.807, 2.05) is 32.0 Å². The number of para-hydroxylation sites is 1. The Labute approximate surface area is 171 Å². The third-order valence-electron chi connectivity index (χ3n) is 4.12. The molecule has 7 nitrogen and oxygen atoms in total. The van der Waals surface area contributed by atoms with Crippen molar-refractivity contribution in [1.82, 2.24) is 20.5 Å². The van der Waals surface area contributed by atoms with Gasteiger partial charge in [-0.3, -0.25) is 14.7 Å². The first-order valence-corrected chi connectivity index (χ1v) is 9.85. The Kier molecular flexibility index (Phi) is 6.61. The summed E-state index contributed by atoms with van der Waals surface area (Å²) in [6.45, 7) is 3.68. The fraction of sp³-hybridized carbons (Fsp3) is 0.200. The Hall–Kier alpha value is -3.20. The number of thioether (sulfide) groups is 1. The van der Waals surface area contributed by atoms with Gasteiger partial charge in [-0.2, -0.15) is 0 Å². The quantitative estimate of drug-likeness (QED) is 0.517. The number of benzene rings is 2. The number of carbonyl (C=O) groups is 2. The molecule has 0 fully saturated rings. The molecule has 0 aliphatic heterocycles. The highest BCUT2D eigenvalue weighted by Crippen LogP contribution is 2.21. The Balaban J connectivity index is 1.47. The van der Waals surface area contributed by atoms with Gasteiger partial charge >= 0.3 is 0 Å². The number of hydrogen-bond acceptors (Lipinski definition) is 5. The van der Waals surface area contributed by atoms with Gasteiger partial charge in [0.1, 0.15) is 5.82 Å². The van der Waals surface area contributed by atoms with Crippen LogP contribution in [0.1, 0.15) is 11.1 Å². The van der Waals surface area contributed by atoms with Crippen molar-refractivity contribution < 1.29 is 14.0 Å². The lowest BCUT2D eigenvalue weighted by Gasteiger charge is -2.11. The molecule has 0 saturated carbocycles. The van der Waals surface area contributed by atoms with E-state index >= 15 is 0 Å². The molecule has 2 aromatic carbocycles. The first-order valence-electron chi connectivity index (χ1n) is 8.87. The van der Waals surface area contributed by atoms with Gasteiger partial charge in [-0.05, 0) is 37.1 Å². The average molecular weight is 413 g/mol. The standard InChI is InChI=1S/C20H20FN5O2S/c1-12-6-5-7-13(2)18(12)23-16(27)10-22-17(28)11-29-20-24-19(25-26-20)14-8-3-4-9-15(14)21/h3-9H,10-11H2,1-2H3,(H,22,28)(H,23,27)(H,24,25,26). The normalized spacial score (nSPS) is 10.6. The van der Waals surface area contributed by atoms with E-state index in [4.69, 9.17) is 0 Å². The maximum absolute atomic E-state index is 13.8. The lowest BCUT2D eigenvalue weighted by Crippen LogP contribution is -2.34. The minimum absolute atomic E-state index is 0.0330. The molecule has 0 radical (unpaired) electrons. The fourth-order valence-electron chi connectivity index (χ4n) is 2.64. The highest BCUT2D eigenvalue weighted by atomic mass is 32.2. The molecular formula is C20H20FN5O2S. The molecule has 3 aromatic rings. The largest absolute Gasteiger partial charge is 0.346 e. The summed E-state index contributed by atoms with van der Waals surface area (Å²) in [4.78, 5) is 28.3. The van der Waals surface area contributed by atoms with E-state index in [1.54, 1.807) is 18.2 Å². The minimum Gasteiger partial charge on any atom is -0.346 e. The number of rotatable bonds is 7. The topological polar surface area (TPSA) is 99.8 Å². The van der Waals surface area contributed by atoms with Crippen LogP contribution in [-0.4, -0.2) is 39.3 Å². The third-order valence-corrected chi connectivity index (χ3v) is 4.97. The van der Waals surface area contributed by atoms with Gasteiger partial charge < -0.3 is 10.6 Å². The number of nitrogens with one attached hydrogen (secondary N) is 3. The van der Waals surface area contributed by atoms with Gasteiger partial charge in [0.05, 0.1) is 17.9 Å². The van der Waals surface area contributed by atoms with Gasteiger partial charge in [0, 0.05) is 5.69 Å². The molecule has 0 unspecified atom stereocenters. The van der Waals surface area contributed by atoms with E-state index in [1.165, 1.54) is 6.07 Å². The van der Waals surface area contributed by atoms with Crippen LogP contribution in [0.2, 0.25) is 0 Å². The van der Waals surface area contributed by atoms with Crippen molar-refractivity contribution >= 4 is 29.3 Å². The SMILES string of the molecule is Cc1cccc(C)c1NC(=O)CNC(=O)CSc1n[nH]c(-c2ccccc2F)n1. The average Bonchev–Trinajstić information content (AvgIpc) is 3.17. The van der Waals surface area contributed by atoms with Gasteiger partial charge in [-0.25, -0.2) is 9.37 Å². The van der Waals surface area contributed by atoms with Crippen LogP contribution in [0.5, 0.6) is 0 Å². The number of aromatic amines is 1. The number of nitrogens with zero attached hydrogens (tertiary/aromatic N) is 2. The molecule has 1 heterocycles. The second-order valence-corrected chi connectivity index (χ2v) is 7.27. The number of hydrogen-bond donors (Lipinski definition) is 3. The van der Waals surface area contributed by atoms with Crippen LogP contribution in [0.15, 0.2) is 47.6 Å². The first kappa shape index (κ1) is 20.5. The molecule has 0 spiro atoms. The van der Waals surface area contributed by atoms with E-state index in [0.29, 0.717) is 16.5 Å². The van der Waals surface area contributed by atoms with Crippen molar-refractivity contribution in [3.63, 3.8) is 0 Å². The predicted molar refractivity (Wildman–Crippen MR) is 110 cm³/mol. The third kappa shape index (κ3) is 5.41. The van der Waals surface area contributed by atoms with Crippen LogP contribution in [-0.2, 0) is 9.59 Å². The highest BCUT2D eigenvalue weighted by molar-refractivity contribution is 7.99. The summed E-state index contributed by atoms with van der Waals surface area (Å²) in [5.41, 5.74) is 2.97. The summed E-state index contributed by atoms with van der Waals surface area (Å²) in [6, 6.07) is 11.9. The van der Waals surface area contributed by atoms with Gasteiger partial charge in [0.15, 0.2) is 5.82 Å². The monoisotopic (exact) mass is 413 g/mol. The van der Waals surface area contributed by atoms with Crippen molar-refractivity contribution in [3.8, 4) is 11.4 Å². The molecule has 1 aromatic heterocycles. The predicted octanol–water partition coefficient (Wildman–Crippen LogP) is 3.07. The maximum atomic E-state index is 13.8. The van der Waals surface area contributed by atoms with Crippen LogP contribution < -0.4 is 10.6 Å². The van der Waals surface area contributed by atoms with Gasteiger partial charge in [-0.15, -0.1) is 5.10 Å². The van der Waals surface area contributed by atoms with Crippen molar-refractivity contribution in [2.24, 2.45) is 0 Å². The molecule has 150 valence electrons. The second kappa shape index (κ2) is 9.33. The molecule has 0 aliphatic rings. The minimum atomic E-state index is -0.409. The van der Waals surface area contributed by atoms with Crippen molar-refractivity contribution in [2.75, 3.05) is 17.6 Å². The van der Waals surface area contributed by atoms with E-state index in [-0.39, 0.29) is 24.1 Å². The number of H-pyrrole nitrogens is 1. The lowest BCUT2D eigenvalue weighted by molar-refractivity contribution is -0.122. The molecule has 3 N–H and O–H groups in total. The molecular weight excluding hydrogens is 393 g/mol. The zero-order valence-electron chi connectivity index (χ0n) is 16.0. The van der Waals surface area contributed by atoms with Crippen molar-refractivity contribution in [3.05, 3.63) is 59.4 Å². The zero-order chi connectivity index (χ0) is 20.8. The molecule has 0 saturated heterocycles. The molecule has 0 bridgehead atoms. The van der Waals surface area contributed by atoms with E-state index in [0.717, 1.165) is 28.6 Å². The number of halogens is 1. The molecule has 29 heavy (non-hydrogen) atoms. The number of anilines is 1. The highest BCUT2D eigenvalue weighted by Gasteiger charge is 2.13. The number of aromatic nitrogens is 3. The Bertz CT molecular complexity index is 1020. The summed E-state index contributed by atoms with van der Waals surface area (Å²) in [5.74, 6) is -0.721. The van der Waals surface area contributed by atoms with E-state index < -0.39 is 5.82 Å². The van der Waals surface area contributed by atoms with E-state index in [9.17, 15) is 14.0 Å².